The Balaban J connectivity index is 3.74. The zero-order chi connectivity index (χ0) is 20.7. The van der Waals surface area contributed by atoms with Gasteiger partial charge < -0.3 is 15.8 Å². The number of unbranched alkanes of at least 4 members (excludes halogenated alkanes) is 1. The van der Waals surface area contributed by atoms with Crippen LogP contribution in [0.2, 0.25) is 0 Å². The molecule has 8 N–H and O–H groups in total. The van der Waals surface area contributed by atoms with Crippen LogP contribution in [0.5, 0.6) is 0 Å². The summed E-state index contributed by atoms with van der Waals surface area (Å²) < 4.78 is 5.86. The third-order valence-corrected chi connectivity index (χ3v) is 5.35. The summed E-state index contributed by atoms with van der Waals surface area (Å²) in [7, 11) is 0. The number of guanidine groups is 1. The standard InChI is InChI=1S/C19H41N5O2S/c1-14(2)27-13-6-5-8-16(4)26-12-10-15(3)24-18(25)17(20)9-7-11-23-19(21)22/h14-17H,5-13,20H2,1-4H3,(H,24,25)(H4,21,22,23)/p+1. The maximum atomic E-state index is 12.1. The Bertz CT molecular complexity index is 417. The van der Waals surface area contributed by atoms with E-state index in [1.165, 1.54) is 18.6 Å². The number of carbonyl (C=O) groups is 1. The summed E-state index contributed by atoms with van der Waals surface area (Å²) in [5, 5.41) is 3.66. The van der Waals surface area contributed by atoms with Gasteiger partial charge in [0, 0.05) is 12.6 Å². The molecule has 8 heteroatoms. The van der Waals surface area contributed by atoms with Gasteiger partial charge in [-0.15, -0.1) is 0 Å². The first-order valence-electron chi connectivity index (χ1n) is 10.1. The van der Waals surface area contributed by atoms with Crippen molar-refractivity contribution in [1.82, 2.24) is 5.32 Å². The van der Waals surface area contributed by atoms with Crippen LogP contribution < -0.4 is 27.5 Å². The number of hydrogen-bond acceptors (Lipinski definition) is 4. The summed E-state index contributed by atoms with van der Waals surface area (Å²) in [4.78, 5) is 14.9. The summed E-state index contributed by atoms with van der Waals surface area (Å²) in [6.45, 7) is 9.82. The predicted molar refractivity (Wildman–Crippen MR) is 116 cm³/mol. The number of amides is 1. The van der Waals surface area contributed by atoms with Gasteiger partial charge in [0.1, 0.15) is 0 Å². The lowest BCUT2D eigenvalue weighted by atomic mass is 10.1. The van der Waals surface area contributed by atoms with Crippen LogP contribution >= 0.6 is 11.8 Å². The monoisotopic (exact) mass is 404 g/mol. The van der Waals surface area contributed by atoms with E-state index in [1.54, 1.807) is 0 Å². The lowest BCUT2D eigenvalue weighted by Crippen LogP contribution is -2.78. The third-order valence-electron chi connectivity index (χ3n) is 4.16. The van der Waals surface area contributed by atoms with Crippen LogP contribution in [-0.4, -0.2) is 54.2 Å². The van der Waals surface area contributed by atoms with E-state index < -0.39 is 6.04 Å². The number of nitrogens with one attached hydrogen (secondary N) is 2. The Hall–Kier alpha value is -0.990. The Morgan fingerprint density at radius 2 is 1.78 bits per heavy atom. The number of carbonyl (C=O) groups excluding carboxylic acids is 1. The van der Waals surface area contributed by atoms with E-state index in [0.29, 0.717) is 24.8 Å². The molecule has 0 heterocycles. The molecule has 0 saturated heterocycles. The molecule has 0 fully saturated rings. The molecule has 0 aromatic heterocycles. The first-order chi connectivity index (χ1) is 12.7. The third kappa shape index (κ3) is 16.9. The van der Waals surface area contributed by atoms with Gasteiger partial charge in [0.05, 0.1) is 18.7 Å². The Morgan fingerprint density at radius 1 is 1.07 bits per heavy atom. The minimum absolute atomic E-state index is 0.0457. The lowest BCUT2D eigenvalue weighted by Gasteiger charge is -2.19. The van der Waals surface area contributed by atoms with Crippen LogP contribution in [0.25, 0.3) is 0 Å². The van der Waals surface area contributed by atoms with E-state index in [9.17, 15) is 4.79 Å². The van der Waals surface area contributed by atoms with Crippen molar-refractivity contribution in [2.24, 2.45) is 17.2 Å². The molecule has 0 aliphatic carbocycles. The van der Waals surface area contributed by atoms with E-state index >= 15 is 0 Å². The fraction of sp³-hybridized carbons (Fsp3) is 0.895. The van der Waals surface area contributed by atoms with Gasteiger partial charge in [0.15, 0.2) is 0 Å². The summed E-state index contributed by atoms with van der Waals surface area (Å²) in [6.07, 6.45) is 5.89. The fourth-order valence-electron chi connectivity index (χ4n) is 2.49. The number of hydrogen-bond donors (Lipinski definition) is 5. The van der Waals surface area contributed by atoms with Gasteiger partial charge in [-0.3, -0.25) is 21.3 Å². The quantitative estimate of drug-likeness (QED) is 0.140. The number of thioether (sulfide) groups is 1. The molecule has 0 rings (SSSR count). The molecule has 0 saturated carbocycles. The highest BCUT2D eigenvalue weighted by molar-refractivity contribution is 7.99. The summed E-state index contributed by atoms with van der Waals surface area (Å²) in [5.74, 6) is 1.29. The van der Waals surface area contributed by atoms with Gasteiger partial charge >= 0.3 is 5.96 Å². The van der Waals surface area contributed by atoms with Crippen molar-refractivity contribution in [3.63, 3.8) is 0 Å². The molecule has 3 atom stereocenters. The Labute approximate surface area is 169 Å². The van der Waals surface area contributed by atoms with Gasteiger partial charge in [-0.2, -0.15) is 11.8 Å². The van der Waals surface area contributed by atoms with E-state index in [0.717, 1.165) is 19.3 Å². The number of nitrogens with two attached hydrogens (primary N) is 3. The minimum atomic E-state index is -0.517. The van der Waals surface area contributed by atoms with Crippen molar-refractivity contribution in [3.8, 4) is 0 Å². The van der Waals surface area contributed by atoms with E-state index in [1.807, 2.05) is 18.7 Å². The normalized spacial score (nSPS) is 14.6. The summed E-state index contributed by atoms with van der Waals surface area (Å²) >= 11 is 2.01. The van der Waals surface area contributed by atoms with Crippen LogP contribution in [0.1, 0.15) is 66.2 Å². The molecule has 160 valence electrons. The first kappa shape index (κ1) is 26.0. The lowest BCUT2D eigenvalue weighted by molar-refractivity contribution is -0.459. The largest absolute Gasteiger partial charge is 0.378 e. The maximum absolute atomic E-state index is 12.1. The molecule has 0 aromatic rings. The number of ether oxygens (including phenoxy) is 1. The molecule has 0 aromatic carbocycles. The SMILES string of the molecule is CC(CCOC(C)CCCCSC(C)C)NC(=O)C(N)CCC[NH+]=C(N)N. The molecule has 27 heavy (non-hydrogen) atoms. The van der Waals surface area contributed by atoms with Crippen molar-refractivity contribution in [3.05, 3.63) is 0 Å². The highest BCUT2D eigenvalue weighted by Crippen LogP contribution is 2.13. The van der Waals surface area contributed by atoms with Crippen LogP contribution in [0.4, 0.5) is 0 Å². The van der Waals surface area contributed by atoms with Crippen LogP contribution in [0.3, 0.4) is 0 Å². The fourth-order valence-corrected chi connectivity index (χ4v) is 3.33. The molecule has 3 unspecified atom stereocenters. The highest BCUT2D eigenvalue weighted by Gasteiger charge is 2.15. The zero-order valence-corrected chi connectivity index (χ0v) is 18.4. The minimum Gasteiger partial charge on any atom is -0.378 e. The topological polar surface area (TPSA) is 130 Å². The Kier molecular flexibility index (Phi) is 15.4. The van der Waals surface area contributed by atoms with Crippen molar-refractivity contribution in [2.75, 3.05) is 18.9 Å². The highest BCUT2D eigenvalue weighted by atomic mass is 32.2. The number of rotatable bonds is 16. The molecule has 0 aliphatic rings. The summed E-state index contributed by atoms with van der Waals surface area (Å²) in [6, 6.07) is -0.471. The van der Waals surface area contributed by atoms with Gasteiger partial charge in [-0.25, -0.2) is 0 Å². The molecular weight excluding hydrogens is 362 g/mol. The summed E-state index contributed by atoms with van der Waals surface area (Å²) in [5.41, 5.74) is 16.5. The second-order valence-electron chi connectivity index (χ2n) is 7.43. The van der Waals surface area contributed by atoms with E-state index in [-0.39, 0.29) is 24.0 Å². The molecule has 0 spiro atoms. The van der Waals surface area contributed by atoms with Gasteiger partial charge in [-0.05, 0) is 57.0 Å². The maximum Gasteiger partial charge on any atom is 0.338 e. The van der Waals surface area contributed by atoms with Gasteiger partial charge in [0.25, 0.3) is 0 Å². The molecule has 0 aliphatic heterocycles. The van der Waals surface area contributed by atoms with Crippen LogP contribution in [-0.2, 0) is 9.53 Å². The van der Waals surface area contributed by atoms with E-state index in [4.69, 9.17) is 21.9 Å². The van der Waals surface area contributed by atoms with E-state index in [2.05, 4.69) is 31.1 Å². The van der Waals surface area contributed by atoms with Gasteiger partial charge in [0.2, 0.25) is 5.91 Å². The zero-order valence-electron chi connectivity index (χ0n) is 17.6. The molecule has 0 bridgehead atoms. The molecular formula is C19H42N5O2S+. The average Bonchev–Trinajstić information content (AvgIpc) is 2.57. The van der Waals surface area contributed by atoms with Crippen molar-refractivity contribution < 1.29 is 14.5 Å². The smallest absolute Gasteiger partial charge is 0.338 e. The van der Waals surface area contributed by atoms with Crippen LogP contribution in [0, 0.1) is 0 Å². The molecule has 0 radical (unpaired) electrons. The van der Waals surface area contributed by atoms with Crippen molar-refractivity contribution in [2.45, 2.75) is 89.7 Å². The van der Waals surface area contributed by atoms with Crippen molar-refractivity contribution >= 4 is 23.6 Å². The molecule has 1 amide bonds. The second-order valence-corrected chi connectivity index (χ2v) is 9.11. The Morgan fingerprint density at radius 3 is 2.41 bits per heavy atom. The van der Waals surface area contributed by atoms with Crippen molar-refractivity contribution in [1.29, 1.82) is 0 Å². The van der Waals surface area contributed by atoms with Gasteiger partial charge in [-0.1, -0.05) is 20.3 Å². The second kappa shape index (κ2) is 16.0. The first-order valence-corrected chi connectivity index (χ1v) is 11.2. The van der Waals surface area contributed by atoms with Crippen LogP contribution in [0.15, 0.2) is 0 Å². The predicted octanol–water partition coefficient (Wildman–Crippen LogP) is 0.0597. The average molecular weight is 405 g/mol. The molecule has 7 nitrogen and oxygen atoms in total.